The van der Waals surface area contributed by atoms with Gasteiger partial charge in [-0.3, -0.25) is 9.48 Å². The summed E-state index contributed by atoms with van der Waals surface area (Å²) < 4.78 is 20.9. The molecule has 2 aliphatic rings. The first-order valence-electron chi connectivity index (χ1n) is 11.7. The van der Waals surface area contributed by atoms with E-state index in [1.165, 1.54) is 0 Å². The van der Waals surface area contributed by atoms with E-state index in [0.717, 1.165) is 33.8 Å². The van der Waals surface area contributed by atoms with Crippen molar-refractivity contribution in [2.45, 2.75) is 13.5 Å². The van der Waals surface area contributed by atoms with Crippen molar-refractivity contribution < 1.29 is 19.0 Å². The number of thiophene rings is 1. The Bertz CT molecular complexity index is 1450. The van der Waals surface area contributed by atoms with Gasteiger partial charge in [0.25, 0.3) is 5.91 Å². The van der Waals surface area contributed by atoms with Crippen LogP contribution in [0.4, 0.5) is 0 Å². The van der Waals surface area contributed by atoms with Crippen LogP contribution in [-0.4, -0.2) is 64.3 Å². The van der Waals surface area contributed by atoms with E-state index in [-0.39, 0.29) is 17.9 Å². The molecule has 10 heteroatoms. The van der Waals surface area contributed by atoms with Crippen LogP contribution in [0.2, 0.25) is 0 Å². The molecule has 3 aromatic heterocycles. The maximum absolute atomic E-state index is 13.7. The number of amides is 1. The molecule has 9 nitrogen and oxygen atoms in total. The molecule has 1 fully saturated rings. The van der Waals surface area contributed by atoms with Gasteiger partial charge < -0.3 is 19.1 Å². The SMILES string of the molecule is COc1cc2c(cc1-c1ccnn1C)-c1c(c(C(=O)N(C)CC3(C)COC3)nn1-c1ccsc1)CO2. The van der Waals surface area contributed by atoms with E-state index in [9.17, 15) is 4.79 Å². The maximum atomic E-state index is 13.7. The number of carbonyl (C=O) groups excluding carboxylic acids is 1. The highest BCUT2D eigenvalue weighted by atomic mass is 32.1. The number of ether oxygens (including phenoxy) is 3. The minimum atomic E-state index is -0.124. The van der Waals surface area contributed by atoms with Crippen molar-refractivity contribution in [3.8, 4) is 39.7 Å². The lowest BCUT2D eigenvalue weighted by Crippen LogP contribution is -2.49. The first-order valence-corrected chi connectivity index (χ1v) is 12.6. The van der Waals surface area contributed by atoms with Gasteiger partial charge in [-0.25, -0.2) is 4.68 Å². The molecule has 0 saturated carbocycles. The Kier molecular flexibility index (Phi) is 5.38. The molecule has 0 unspecified atom stereocenters. The molecule has 36 heavy (non-hydrogen) atoms. The maximum Gasteiger partial charge on any atom is 0.274 e. The van der Waals surface area contributed by atoms with Crippen molar-refractivity contribution in [3.05, 3.63) is 52.5 Å². The molecular weight excluding hydrogens is 478 g/mol. The van der Waals surface area contributed by atoms with E-state index in [2.05, 4.69) is 12.0 Å². The largest absolute Gasteiger partial charge is 0.496 e. The lowest BCUT2D eigenvalue weighted by atomic mass is 9.88. The van der Waals surface area contributed by atoms with Crippen LogP contribution < -0.4 is 9.47 Å². The van der Waals surface area contributed by atoms with E-state index in [0.29, 0.717) is 37.0 Å². The minimum absolute atomic E-state index is 0.0297. The summed E-state index contributed by atoms with van der Waals surface area (Å²) in [6.07, 6.45) is 1.76. The minimum Gasteiger partial charge on any atom is -0.496 e. The zero-order chi connectivity index (χ0) is 25.0. The molecule has 1 amide bonds. The Morgan fingerprint density at radius 2 is 2.11 bits per heavy atom. The molecule has 5 heterocycles. The van der Waals surface area contributed by atoms with Gasteiger partial charge in [0.1, 0.15) is 18.1 Å². The lowest BCUT2D eigenvalue weighted by Gasteiger charge is -2.40. The van der Waals surface area contributed by atoms with Crippen LogP contribution in [0.25, 0.3) is 28.2 Å². The Labute approximate surface area is 212 Å². The zero-order valence-corrected chi connectivity index (χ0v) is 21.5. The number of hydrogen-bond acceptors (Lipinski definition) is 7. The Hall–Kier alpha value is -3.63. The molecule has 186 valence electrons. The summed E-state index contributed by atoms with van der Waals surface area (Å²) >= 11 is 1.59. The molecule has 0 bridgehead atoms. The standard InChI is InChI=1S/C26H27N5O4S/c1-26(14-34-15-26)13-29(2)25(32)23-19-11-35-22-10-21(33-4)17(20-5-7-27-30(20)3)9-18(22)24(19)31(28-23)16-6-8-36-12-16/h5-10,12H,11,13-15H2,1-4H3. The second-order valence-electron chi connectivity index (χ2n) is 9.71. The Morgan fingerprint density at radius 1 is 1.28 bits per heavy atom. The third kappa shape index (κ3) is 3.59. The topological polar surface area (TPSA) is 83.6 Å². The molecule has 2 aliphatic heterocycles. The lowest BCUT2D eigenvalue weighted by molar-refractivity contribution is -0.109. The fourth-order valence-corrected chi connectivity index (χ4v) is 5.60. The highest BCUT2D eigenvalue weighted by Gasteiger charge is 2.38. The number of rotatable bonds is 6. The van der Waals surface area contributed by atoms with E-state index in [1.807, 2.05) is 53.8 Å². The van der Waals surface area contributed by atoms with Gasteiger partial charge in [0.15, 0.2) is 5.69 Å². The fraction of sp³-hybridized carbons (Fsp3) is 0.346. The van der Waals surface area contributed by atoms with Gasteiger partial charge in [-0.2, -0.15) is 21.5 Å². The van der Waals surface area contributed by atoms with Crippen LogP contribution in [0, 0.1) is 5.41 Å². The predicted octanol–water partition coefficient (Wildman–Crippen LogP) is 4.01. The van der Waals surface area contributed by atoms with E-state index in [1.54, 1.807) is 34.2 Å². The molecule has 0 atom stereocenters. The van der Waals surface area contributed by atoms with Gasteiger partial charge in [0, 0.05) is 60.4 Å². The summed E-state index contributed by atoms with van der Waals surface area (Å²) in [5.74, 6) is 1.25. The number of nitrogens with zero attached hydrogens (tertiary/aromatic N) is 5. The van der Waals surface area contributed by atoms with Gasteiger partial charge in [0.05, 0.1) is 37.4 Å². The van der Waals surface area contributed by atoms with Gasteiger partial charge in [-0.15, -0.1) is 0 Å². The van der Waals surface area contributed by atoms with E-state index >= 15 is 0 Å². The predicted molar refractivity (Wildman–Crippen MR) is 136 cm³/mol. The van der Waals surface area contributed by atoms with Crippen molar-refractivity contribution in [1.29, 1.82) is 0 Å². The van der Waals surface area contributed by atoms with Gasteiger partial charge >= 0.3 is 0 Å². The molecule has 1 saturated heterocycles. The molecule has 0 aliphatic carbocycles. The summed E-state index contributed by atoms with van der Waals surface area (Å²) in [7, 11) is 5.36. The number of benzene rings is 1. The summed E-state index contributed by atoms with van der Waals surface area (Å²) in [5, 5.41) is 13.2. The molecule has 4 aromatic rings. The van der Waals surface area contributed by atoms with Crippen LogP contribution >= 0.6 is 11.3 Å². The summed E-state index contributed by atoms with van der Waals surface area (Å²) in [5.41, 5.74) is 5.57. The number of carbonyl (C=O) groups is 1. The monoisotopic (exact) mass is 505 g/mol. The summed E-state index contributed by atoms with van der Waals surface area (Å²) in [6, 6.07) is 7.89. The molecule has 0 N–H and O–H groups in total. The van der Waals surface area contributed by atoms with Crippen molar-refractivity contribution in [3.63, 3.8) is 0 Å². The van der Waals surface area contributed by atoms with Crippen molar-refractivity contribution in [2.75, 3.05) is 33.9 Å². The normalized spacial score (nSPS) is 15.4. The quantitative estimate of drug-likeness (QED) is 0.394. The number of fused-ring (bicyclic) bond motifs is 3. The van der Waals surface area contributed by atoms with E-state index in [4.69, 9.17) is 19.3 Å². The van der Waals surface area contributed by atoms with Crippen LogP contribution in [0.3, 0.4) is 0 Å². The summed E-state index contributed by atoms with van der Waals surface area (Å²) in [6.45, 7) is 4.29. The van der Waals surface area contributed by atoms with Crippen molar-refractivity contribution >= 4 is 17.2 Å². The number of aryl methyl sites for hydroxylation is 1. The summed E-state index contributed by atoms with van der Waals surface area (Å²) in [4.78, 5) is 15.4. The fourth-order valence-electron chi connectivity index (χ4n) is 4.99. The highest BCUT2D eigenvalue weighted by molar-refractivity contribution is 7.08. The number of methoxy groups -OCH3 is 1. The first kappa shape index (κ1) is 22.8. The number of hydrogen-bond donors (Lipinski definition) is 0. The average molecular weight is 506 g/mol. The van der Waals surface area contributed by atoms with Crippen LogP contribution in [0.5, 0.6) is 11.5 Å². The molecule has 6 rings (SSSR count). The van der Waals surface area contributed by atoms with Gasteiger partial charge in [-0.05, 0) is 23.6 Å². The molecular formula is C26H27N5O4S. The molecule has 0 spiro atoms. The molecule has 1 aromatic carbocycles. The Morgan fingerprint density at radius 3 is 2.75 bits per heavy atom. The van der Waals surface area contributed by atoms with E-state index < -0.39 is 0 Å². The second-order valence-corrected chi connectivity index (χ2v) is 10.5. The third-order valence-corrected chi connectivity index (χ3v) is 7.50. The zero-order valence-electron chi connectivity index (χ0n) is 20.6. The van der Waals surface area contributed by atoms with Crippen LogP contribution in [-0.2, 0) is 18.4 Å². The van der Waals surface area contributed by atoms with Gasteiger partial charge in [-0.1, -0.05) is 6.92 Å². The van der Waals surface area contributed by atoms with Crippen LogP contribution in [0.15, 0.2) is 41.2 Å². The third-order valence-electron chi connectivity index (χ3n) is 6.83. The average Bonchev–Trinajstić information content (AvgIpc) is 3.61. The molecule has 0 radical (unpaired) electrons. The van der Waals surface area contributed by atoms with Crippen LogP contribution in [0.1, 0.15) is 23.0 Å². The number of aromatic nitrogens is 4. The Balaban J connectivity index is 1.51. The first-order chi connectivity index (χ1) is 17.4. The second kappa shape index (κ2) is 8.49. The smallest absolute Gasteiger partial charge is 0.274 e. The highest BCUT2D eigenvalue weighted by Crippen LogP contribution is 2.46. The van der Waals surface area contributed by atoms with Gasteiger partial charge in [0.2, 0.25) is 0 Å². The van der Waals surface area contributed by atoms with Crippen molar-refractivity contribution in [1.82, 2.24) is 24.5 Å². The van der Waals surface area contributed by atoms with Crippen molar-refractivity contribution in [2.24, 2.45) is 12.5 Å².